The van der Waals surface area contributed by atoms with Crippen molar-refractivity contribution in [2.24, 2.45) is 0 Å². The molecule has 0 saturated carbocycles. The van der Waals surface area contributed by atoms with Crippen LogP contribution in [0.4, 0.5) is 0 Å². The summed E-state index contributed by atoms with van der Waals surface area (Å²) in [6.07, 6.45) is 27.3. The maximum atomic E-state index is 10.3. The molecule has 0 atom stereocenters. The second kappa shape index (κ2) is 27.5. The lowest BCUT2D eigenvalue weighted by Crippen LogP contribution is -2.00. The highest BCUT2D eigenvalue weighted by molar-refractivity contribution is 7.75. The first kappa shape index (κ1) is 30.7. The van der Waals surface area contributed by atoms with Gasteiger partial charge in [0.05, 0.1) is 13.2 Å². The van der Waals surface area contributed by atoms with Crippen LogP contribution >= 0.6 is 0 Å². The minimum Gasteiger partial charge on any atom is -0.481 e. The summed E-state index contributed by atoms with van der Waals surface area (Å²) in [5, 5.41) is 8.49. The van der Waals surface area contributed by atoms with Crippen LogP contribution in [0.25, 0.3) is 0 Å². The Morgan fingerprint density at radius 3 is 1.57 bits per heavy atom. The van der Waals surface area contributed by atoms with E-state index in [9.17, 15) is 9.00 Å². The molecule has 174 valence electrons. The van der Waals surface area contributed by atoms with Crippen LogP contribution < -0.4 is 0 Å². The molecule has 0 saturated heterocycles. The van der Waals surface area contributed by atoms with E-state index in [1.165, 1.54) is 25.7 Å². The van der Waals surface area contributed by atoms with Gasteiger partial charge in [-0.15, -0.1) is 0 Å². The maximum Gasteiger partial charge on any atom is 0.304 e. The molecule has 0 amide bonds. The van der Waals surface area contributed by atoms with E-state index in [0.717, 1.165) is 32.1 Å². The van der Waals surface area contributed by atoms with E-state index >= 15 is 0 Å². The van der Waals surface area contributed by atoms with Crippen molar-refractivity contribution in [2.45, 2.75) is 85.0 Å². The minimum atomic E-state index is -1.52. The third-order valence-corrected chi connectivity index (χ3v) is 4.50. The Labute approximate surface area is 186 Å². The Hall–Kier alpha value is -1.50. The first-order valence-corrected chi connectivity index (χ1v) is 12.1. The molecule has 0 aromatic heterocycles. The Bertz CT molecular complexity index is 502. The van der Waals surface area contributed by atoms with E-state index in [-0.39, 0.29) is 6.42 Å². The first-order valence-electron chi connectivity index (χ1n) is 11.1. The summed E-state index contributed by atoms with van der Waals surface area (Å²) >= 11 is -1.52. The molecule has 5 nitrogen and oxygen atoms in total. The topological polar surface area (TPSA) is 72.8 Å². The molecule has 0 unspecified atom stereocenters. The van der Waals surface area contributed by atoms with Crippen LogP contribution in [0.1, 0.15) is 85.0 Å². The first-order chi connectivity index (χ1) is 14.6. The highest BCUT2D eigenvalue weighted by atomic mass is 32.2. The monoisotopic (exact) mass is 442 g/mol. The SMILES string of the molecule is CCCCCC=CCC=CCC=CCC=CCCCC(=O)O.CCOS(=O)OCC. The van der Waals surface area contributed by atoms with E-state index in [4.69, 9.17) is 5.11 Å². The number of unbranched alkanes of at least 4 members (excludes halogenated alkanes) is 4. The molecule has 0 aliphatic heterocycles. The Morgan fingerprint density at radius 1 is 0.733 bits per heavy atom. The lowest BCUT2D eigenvalue weighted by Gasteiger charge is -1.95. The van der Waals surface area contributed by atoms with E-state index in [1.807, 2.05) is 0 Å². The zero-order valence-electron chi connectivity index (χ0n) is 19.1. The fourth-order valence-corrected chi connectivity index (χ4v) is 2.61. The summed E-state index contributed by atoms with van der Waals surface area (Å²) in [5.74, 6) is -0.712. The number of carboxylic acid groups (broad SMARTS) is 1. The van der Waals surface area contributed by atoms with Gasteiger partial charge in [0.1, 0.15) is 0 Å². The van der Waals surface area contributed by atoms with Crippen molar-refractivity contribution in [3.05, 3.63) is 48.6 Å². The number of aliphatic carboxylic acids is 1. The van der Waals surface area contributed by atoms with Gasteiger partial charge in [-0.3, -0.25) is 13.2 Å². The van der Waals surface area contributed by atoms with Gasteiger partial charge in [0.15, 0.2) is 0 Å². The molecule has 30 heavy (non-hydrogen) atoms. The van der Waals surface area contributed by atoms with Gasteiger partial charge in [0, 0.05) is 6.42 Å². The zero-order chi connectivity index (χ0) is 22.7. The Kier molecular flexibility index (Phi) is 28.1. The average Bonchev–Trinajstić information content (AvgIpc) is 2.71. The molecule has 6 heteroatoms. The van der Waals surface area contributed by atoms with Gasteiger partial charge < -0.3 is 5.11 Å². The smallest absolute Gasteiger partial charge is 0.304 e. The summed E-state index contributed by atoms with van der Waals surface area (Å²) < 4.78 is 19.4. The number of allylic oxidation sites excluding steroid dienone is 8. The fourth-order valence-electron chi connectivity index (χ4n) is 2.16. The lowest BCUT2D eigenvalue weighted by atomic mass is 10.2. The van der Waals surface area contributed by atoms with Gasteiger partial charge >= 0.3 is 17.3 Å². The molecule has 0 spiro atoms. The quantitative estimate of drug-likeness (QED) is 0.185. The van der Waals surface area contributed by atoms with Crippen molar-refractivity contribution >= 4 is 17.3 Å². The molecule has 0 aromatic rings. The van der Waals surface area contributed by atoms with Crippen molar-refractivity contribution in [2.75, 3.05) is 13.2 Å². The molecule has 0 bridgehead atoms. The largest absolute Gasteiger partial charge is 0.481 e. The van der Waals surface area contributed by atoms with Gasteiger partial charge in [-0.25, -0.2) is 0 Å². The average molecular weight is 443 g/mol. The predicted molar refractivity (Wildman–Crippen MR) is 127 cm³/mol. The van der Waals surface area contributed by atoms with Crippen molar-refractivity contribution in [3.63, 3.8) is 0 Å². The van der Waals surface area contributed by atoms with Crippen LogP contribution in [0.5, 0.6) is 0 Å². The summed E-state index contributed by atoms with van der Waals surface area (Å²) in [6.45, 7) is 6.60. The highest BCUT2D eigenvalue weighted by Gasteiger charge is 1.93. The molecule has 0 heterocycles. The van der Waals surface area contributed by atoms with Gasteiger partial charge in [0.2, 0.25) is 0 Å². The van der Waals surface area contributed by atoms with E-state index in [0.29, 0.717) is 13.2 Å². The number of hydrogen-bond acceptors (Lipinski definition) is 4. The van der Waals surface area contributed by atoms with Crippen LogP contribution in [-0.4, -0.2) is 28.5 Å². The van der Waals surface area contributed by atoms with Gasteiger partial charge in [0.25, 0.3) is 0 Å². The Morgan fingerprint density at radius 2 is 1.17 bits per heavy atom. The van der Waals surface area contributed by atoms with Gasteiger partial charge in [-0.1, -0.05) is 68.4 Å². The zero-order valence-corrected chi connectivity index (χ0v) is 19.9. The molecule has 0 rings (SSSR count). The predicted octanol–water partition coefficient (Wildman–Crippen LogP) is 6.85. The maximum absolute atomic E-state index is 10.3. The van der Waals surface area contributed by atoms with E-state index in [1.54, 1.807) is 13.8 Å². The van der Waals surface area contributed by atoms with Crippen LogP contribution in [0, 0.1) is 0 Å². The van der Waals surface area contributed by atoms with Gasteiger partial charge in [-0.05, 0) is 58.8 Å². The second-order valence-corrected chi connectivity index (χ2v) is 7.27. The number of carboxylic acids is 1. The van der Waals surface area contributed by atoms with Crippen molar-refractivity contribution < 1.29 is 22.5 Å². The number of carbonyl (C=O) groups is 1. The van der Waals surface area contributed by atoms with Crippen LogP contribution in [0.3, 0.4) is 0 Å². The third kappa shape index (κ3) is 31.2. The van der Waals surface area contributed by atoms with Crippen LogP contribution in [0.15, 0.2) is 48.6 Å². The molecule has 0 radical (unpaired) electrons. The minimum absolute atomic E-state index is 0.262. The summed E-state index contributed by atoms with van der Waals surface area (Å²) in [7, 11) is 0. The highest BCUT2D eigenvalue weighted by Crippen LogP contribution is 2.01. The molecule has 0 aliphatic carbocycles. The third-order valence-electron chi connectivity index (χ3n) is 3.65. The van der Waals surface area contributed by atoms with Crippen LogP contribution in [-0.2, 0) is 24.5 Å². The summed E-state index contributed by atoms with van der Waals surface area (Å²) in [5.41, 5.74) is 0. The molecule has 0 fully saturated rings. The van der Waals surface area contributed by atoms with Crippen molar-refractivity contribution in [1.82, 2.24) is 0 Å². The molecule has 0 aromatic carbocycles. The molecule has 1 N–H and O–H groups in total. The molecular formula is C24H42O5S. The molecular weight excluding hydrogens is 400 g/mol. The summed E-state index contributed by atoms with van der Waals surface area (Å²) in [4.78, 5) is 10.3. The Balaban J connectivity index is 0. The van der Waals surface area contributed by atoms with Gasteiger partial charge in [-0.2, -0.15) is 4.21 Å². The number of rotatable bonds is 18. The van der Waals surface area contributed by atoms with Crippen molar-refractivity contribution in [1.29, 1.82) is 0 Å². The second-order valence-electron chi connectivity index (χ2n) is 6.39. The summed E-state index contributed by atoms with van der Waals surface area (Å²) in [6, 6.07) is 0. The van der Waals surface area contributed by atoms with Crippen molar-refractivity contribution in [3.8, 4) is 0 Å². The fraction of sp³-hybridized carbons (Fsp3) is 0.625. The normalized spacial score (nSPS) is 11.9. The van der Waals surface area contributed by atoms with E-state index < -0.39 is 17.3 Å². The lowest BCUT2D eigenvalue weighted by molar-refractivity contribution is -0.137. The van der Waals surface area contributed by atoms with E-state index in [2.05, 4.69) is 63.9 Å². The standard InChI is InChI=1S/C20H32O2.C4H10O3S/c1-2-3-4-5-6-7-8-9-10-11-12-13-14-15-16-17-18-19-20(21)22;1-3-6-8(5)7-4-2/h6-7,9-10,12-13,15-16H,2-5,8,11,14,17-19H2,1H3,(H,21,22);3-4H2,1-2H3. The molecule has 0 aliphatic rings. The van der Waals surface area contributed by atoms with Crippen LogP contribution in [0.2, 0.25) is 0 Å². The number of hydrogen-bond donors (Lipinski definition) is 1.